The van der Waals surface area contributed by atoms with Crippen molar-refractivity contribution in [1.29, 1.82) is 0 Å². The van der Waals surface area contributed by atoms with Crippen molar-refractivity contribution in [3.63, 3.8) is 0 Å². The van der Waals surface area contributed by atoms with Gasteiger partial charge in [-0.25, -0.2) is 0 Å². The van der Waals surface area contributed by atoms with E-state index in [4.69, 9.17) is 0 Å². The van der Waals surface area contributed by atoms with E-state index in [0.29, 0.717) is 5.75 Å². The zero-order valence-corrected chi connectivity index (χ0v) is 10.2. The molecule has 0 saturated carbocycles. The van der Waals surface area contributed by atoms with Crippen LogP contribution in [0.15, 0.2) is 24.3 Å². The highest BCUT2D eigenvalue weighted by Gasteiger charge is 2.11. The maximum absolute atomic E-state index is 9.72. The van der Waals surface area contributed by atoms with Gasteiger partial charge >= 0.3 is 0 Å². The highest BCUT2D eigenvalue weighted by molar-refractivity contribution is 7.98. The topological polar surface area (TPSA) is 32.3 Å². The lowest BCUT2D eigenvalue weighted by Gasteiger charge is -2.18. The first-order valence-electron chi connectivity index (χ1n) is 5.29. The molecule has 15 heavy (non-hydrogen) atoms. The molecule has 0 saturated heterocycles. The Morgan fingerprint density at radius 1 is 1.40 bits per heavy atom. The number of nitrogens with one attached hydrogen (secondary N) is 1. The van der Waals surface area contributed by atoms with Gasteiger partial charge in [0.05, 0.1) is 0 Å². The van der Waals surface area contributed by atoms with Crippen LogP contribution in [0.25, 0.3) is 0 Å². The SMILES string of the molecule is CCC(NCCSC)c1ccccc1O. The van der Waals surface area contributed by atoms with Crippen molar-refractivity contribution in [2.75, 3.05) is 18.6 Å². The highest BCUT2D eigenvalue weighted by atomic mass is 32.2. The van der Waals surface area contributed by atoms with E-state index in [2.05, 4.69) is 18.5 Å². The van der Waals surface area contributed by atoms with Gasteiger partial charge in [0.25, 0.3) is 0 Å². The minimum Gasteiger partial charge on any atom is -0.508 e. The van der Waals surface area contributed by atoms with E-state index in [-0.39, 0.29) is 6.04 Å². The van der Waals surface area contributed by atoms with Crippen LogP contribution < -0.4 is 5.32 Å². The molecule has 2 nitrogen and oxygen atoms in total. The van der Waals surface area contributed by atoms with Crippen LogP contribution in [0.2, 0.25) is 0 Å². The summed E-state index contributed by atoms with van der Waals surface area (Å²) >= 11 is 1.83. The van der Waals surface area contributed by atoms with Crippen LogP contribution in [0.1, 0.15) is 24.9 Å². The van der Waals surface area contributed by atoms with Crippen LogP contribution in [0.3, 0.4) is 0 Å². The second-order valence-electron chi connectivity index (χ2n) is 3.47. The summed E-state index contributed by atoms with van der Waals surface area (Å²) in [5, 5.41) is 13.2. The Morgan fingerprint density at radius 2 is 2.13 bits per heavy atom. The Kier molecular flexibility index (Phi) is 5.58. The van der Waals surface area contributed by atoms with Crippen molar-refractivity contribution < 1.29 is 5.11 Å². The Morgan fingerprint density at radius 3 is 2.73 bits per heavy atom. The summed E-state index contributed by atoms with van der Waals surface area (Å²) in [7, 11) is 0. The molecule has 0 radical (unpaired) electrons. The van der Waals surface area contributed by atoms with Crippen molar-refractivity contribution in [1.82, 2.24) is 5.32 Å². The summed E-state index contributed by atoms with van der Waals surface area (Å²) < 4.78 is 0. The van der Waals surface area contributed by atoms with E-state index >= 15 is 0 Å². The van der Waals surface area contributed by atoms with Gasteiger partial charge in [0.2, 0.25) is 0 Å². The summed E-state index contributed by atoms with van der Waals surface area (Å²) in [6.45, 7) is 3.11. The summed E-state index contributed by atoms with van der Waals surface area (Å²) in [6, 6.07) is 7.81. The molecule has 0 spiro atoms. The van der Waals surface area contributed by atoms with Gasteiger partial charge < -0.3 is 10.4 Å². The fourth-order valence-electron chi connectivity index (χ4n) is 1.59. The smallest absolute Gasteiger partial charge is 0.120 e. The molecule has 1 unspecified atom stereocenters. The summed E-state index contributed by atoms with van der Waals surface area (Å²) in [5.74, 6) is 1.49. The molecule has 3 heteroatoms. The molecule has 1 aromatic carbocycles. The number of hydrogen-bond donors (Lipinski definition) is 2. The third kappa shape index (κ3) is 3.76. The molecule has 1 rings (SSSR count). The maximum atomic E-state index is 9.72. The lowest BCUT2D eigenvalue weighted by Crippen LogP contribution is -2.23. The van der Waals surface area contributed by atoms with Crippen molar-refractivity contribution >= 4 is 11.8 Å². The number of hydrogen-bond acceptors (Lipinski definition) is 3. The van der Waals surface area contributed by atoms with Gasteiger partial charge in [0, 0.05) is 23.9 Å². The van der Waals surface area contributed by atoms with Gasteiger partial charge in [-0.2, -0.15) is 11.8 Å². The quantitative estimate of drug-likeness (QED) is 0.730. The number of rotatable bonds is 6. The molecule has 0 aliphatic rings. The molecular weight excluding hydrogens is 206 g/mol. The molecule has 0 heterocycles. The van der Waals surface area contributed by atoms with Crippen molar-refractivity contribution in [3.05, 3.63) is 29.8 Å². The van der Waals surface area contributed by atoms with E-state index in [1.807, 2.05) is 30.0 Å². The number of benzene rings is 1. The number of thioether (sulfide) groups is 1. The summed E-state index contributed by atoms with van der Waals surface area (Å²) in [6.07, 6.45) is 3.09. The maximum Gasteiger partial charge on any atom is 0.120 e. The molecule has 84 valence electrons. The van der Waals surface area contributed by atoms with Crippen LogP contribution in [-0.2, 0) is 0 Å². The summed E-state index contributed by atoms with van der Waals surface area (Å²) in [5.41, 5.74) is 1.00. The van der Waals surface area contributed by atoms with Crippen molar-refractivity contribution in [3.8, 4) is 5.75 Å². The van der Waals surface area contributed by atoms with Crippen LogP contribution >= 0.6 is 11.8 Å². The molecule has 1 aromatic rings. The number of para-hydroxylation sites is 1. The Bertz CT molecular complexity index is 291. The van der Waals surface area contributed by atoms with E-state index in [0.717, 1.165) is 24.3 Å². The van der Waals surface area contributed by atoms with Gasteiger partial charge in [0.15, 0.2) is 0 Å². The van der Waals surface area contributed by atoms with E-state index in [1.165, 1.54) is 0 Å². The number of phenolic OH excluding ortho intramolecular Hbond substituents is 1. The average molecular weight is 225 g/mol. The van der Waals surface area contributed by atoms with Gasteiger partial charge in [-0.3, -0.25) is 0 Å². The van der Waals surface area contributed by atoms with E-state index in [9.17, 15) is 5.11 Å². The third-order valence-corrected chi connectivity index (χ3v) is 3.03. The summed E-state index contributed by atoms with van der Waals surface area (Å²) in [4.78, 5) is 0. The first-order valence-corrected chi connectivity index (χ1v) is 6.69. The standard InChI is InChI=1S/C12H19NOS/c1-3-11(13-8-9-15-2)10-6-4-5-7-12(10)14/h4-7,11,13-14H,3,8-9H2,1-2H3. The number of aromatic hydroxyl groups is 1. The van der Waals surface area contributed by atoms with Crippen LogP contribution in [0, 0.1) is 0 Å². The van der Waals surface area contributed by atoms with Crippen LogP contribution in [0.4, 0.5) is 0 Å². The molecule has 0 amide bonds. The molecule has 0 aliphatic carbocycles. The zero-order valence-electron chi connectivity index (χ0n) is 9.36. The van der Waals surface area contributed by atoms with Gasteiger partial charge in [-0.05, 0) is 18.7 Å². The number of phenols is 1. The largest absolute Gasteiger partial charge is 0.508 e. The monoisotopic (exact) mass is 225 g/mol. The van der Waals surface area contributed by atoms with E-state index < -0.39 is 0 Å². The second-order valence-corrected chi connectivity index (χ2v) is 4.45. The molecule has 1 atom stereocenters. The van der Waals surface area contributed by atoms with Crippen molar-refractivity contribution in [2.45, 2.75) is 19.4 Å². The predicted octanol–water partition coefficient (Wildman–Crippen LogP) is 2.80. The molecule has 0 aliphatic heterocycles. The minimum absolute atomic E-state index is 0.262. The lowest BCUT2D eigenvalue weighted by atomic mass is 10.0. The molecule has 0 bridgehead atoms. The molecule has 0 aromatic heterocycles. The third-order valence-electron chi connectivity index (χ3n) is 2.42. The highest BCUT2D eigenvalue weighted by Crippen LogP contribution is 2.25. The average Bonchev–Trinajstić information content (AvgIpc) is 2.26. The van der Waals surface area contributed by atoms with Gasteiger partial charge in [-0.1, -0.05) is 25.1 Å². The Balaban J connectivity index is 2.61. The van der Waals surface area contributed by atoms with Gasteiger partial charge in [-0.15, -0.1) is 0 Å². The first-order chi connectivity index (χ1) is 7.29. The Labute approximate surface area is 96.1 Å². The van der Waals surface area contributed by atoms with E-state index in [1.54, 1.807) is 6.07 Å². The molecule has 0 fully saturated rings. The fraction of sp³-hybridized carbons (Fsp3) is 0.500. The minimum atomic E-state index is 0.262. The Hall–Kier alpha value is -0.670. The second kappa shape index (κ2) is 6.75. The first kappa shape index (κ1) is 12.4. The zero-order chi connectivity index (χ0) is 11.1. The van der Waals surface area contributed by atoms with Crippen molar-refractivity contribution in [2.24, 2.45) is 0 Å². The van der Waals surface area contributed by atoms with Crippen LogP contribution in [-0.4, -0.2) is 23.7 Å². The fourth-order valence-corrected chi connectivity index (χ4v) is 1.91. The van der Waals surface area contributed by atoms with Crippen LogP contribution in [0.5, 0.6) is 5.75 Å². The normalized spacial score (nSPS) is 12.7. The lowest BCUT2D eigenvalue weighted by molar-refractivity contribution is 0.445. The molecular formula is C12H19NOS. The van der Waals surface area contributed by atoms with Gasteiger partial charge in [0.1, 0.15) is 5.75 Å². The predicted molar refractivity (Wildman–Crippen MR) is 67.5 cm³/mol. The molecule has 2 N–H and O–H groups in total.